The maximum atomic E-state index is 12.7. The number of thiophene rings is 1. The minimum Gasteiger partial charge on any atom is -0.321 e. The minimum atomic E-state index is -0.349. The van der Waals surface area contributed by atoms with Crippen molar-refractivity contribution >= 4 is 39.7 Å². The SMILES string of the molecule is CC(C)(C)c1ccccc1NC(=O)c1ccc(NC(=O)Nc2ccccc2)s1. The molecule has 0 aliphatic carbocycles. The predicted molar refractivity (Wildman–Crippen MR) is 116 cm³/mol. The predicted octanol–water partition coefficient (Wildman–Crippen LogP) is 5.94. The summed E-state index contributed by atoms with van der Waals surface area (Å²) in [5.41, 5.74) is 2.49. The van der Waals surface area contributed by atoms with Gasteiger partial charge in [0.05, 0.1) is 9.88 Å². The van der Waals surface area contributed by atoms with Gasteiger partial charge in [-0.2, -0.15) is 0 Å². The molecule has 0 spiro atoms. The molecule has 0 atom stereocenters. The van der Waals surface area contributed by atoms with Gasteiger partial charge in [-0.15, -0.1) is 11.3 Å². The summed E-state index contributed by atoms with van der Waals surface area (Å²) in [7, 11) is 0. The summed E-state index contributed by atoms with van der Waals surface area (Å²) in [5, 5.41) is 9.09. The summed E-state index contributed by atoms with van der Waals surface area (Å²) >= 11 is 1.23. The van der Waals surface area contributed by atoms with E-state index in [4.69, 9.17) is 0 Å². The number of para-hydroxylation sites is 2. The zero-order chi connectivity index (χ0) is 20.1. The normalized spacial score (nSPS) is 11.0. The van der Waals surface area contributed by atoms with E-state index in [9.17, 15) is 9.59 Å². The Labute approximate surface area is 168 Å². The van der Waals surface area contributed by atoms with Crippen molar-refractivity contribution in [2.24, 2.45) is 0 Å². The van der Waals surface area contributed by atoms with Crippen molar-refractivity contribution < 1.29 is 9.59 Å². The molecule has 28 heavy (non-hydrogen) atoms. The van der Waals surface area contributed by atoms with E-state index < -0.39 is 0 Å². The second-order valence-corrected chi connectivity index (χ2v) is 8.44. The average Bonchev–Trinajstić information content (AvgIpc) is 3.10. The number of nitrogens with one attached hydrogen (secondary N) is 3. The van der Waals surface area contributed by atoms with Crippen molar-refractivity contribution in [2.45, 2.75) is 26.2 Å². The van der Waals surface area contributed by atoms with Gasteiger partial charge in [0, 0.05) is 11.4 Å². The van der Waals surface area contributed by atoms with Gasteiger partial charge in [0.25, 0.3) is 5.91 Å². The van der Waals surface area contributed by atoms with Crippen LogP contribution in [0, 0.1) is 0 Å². The fourth-order valence-electron chi connectivity index (χ4n) is 2.75. The Morgan fingerprint density at radius 1 is 0.786 bits per heavy atom. The van der Waals surface area contributed by atoms with Gasteiger partial charge < -0.3 is 10.6 Å². The summed E-state index contributed by atoms with van der Waals surface area (Å²) in [6, 6.07) is 20.1. The van der Waals surface area contributed by atoms with Gasteiger partial charge in [0.15, 0.2) is 0 Å². The topological polar surface area (TPSA) is 70.2 Å². The van der Waals surface area contributed by atoms with Crippen LogP contribution in [0.4, 0.5) is 21.2 Å². The monoisotopic (exact) mass is 393 g/mol. The molecule has 3 rings (SSSR count). The molecule has 6 heteroatoms. The molecule has 0 fully saturated rings. The van der Waals surface area contributed by atoms with Gasteiger partial charge in [-0.1, -0.05) is 57.2 Å². The molecule has 0 unspecified atom stereocenters. The third-order valence-electron chi connectivity index (χ3n) is 4.08. The molecule has 3 N–H and O–H groups in total. The molecule has 144 valence electrons. The fraction of sp³-hybridized carbons (Fsp3) is 0.182. The number of hydrogen-bond acceptors (Lipinski definition) is 3. The number of anilines is 3. The van der Waals surface area contributed by atoms with E-state index in [1.54, 1.807) is 24.3 Å². The van der Waals surface area contributed by atoms with E-state index >= 15 is 0 Å². The van der Waals surface area contributed by atoms with Crippen LogP contribution in [0.1, 0.15) is 36.0 Å². The van der Waals surface area contributed by atoms with Crippen molar-refractivity contribution in [2.75, 3.05) is 16.0 Å². The second-order valence-electron chi connectivity index (χ2n) is 7.36. The molecule has 0 radical (unpaired) electrons. The quantitative estimate of drug-likeness (QED) is 0.513. The first-order chi connectivity index (χ1) is 13.3. The Morgan fingerprint density at radius 3 is 2.18 bits per heavy atom. The van der Waals surface area contributed by atoms with Crippen molar-refractivity contribution in [3.63, 3.8) is 0 Å². The molecule has 2 aromatic carbocycles. The summed E-state index contributed by atoms with van der Waals surface area (Å²) in [4.78, 5) is 25.3. The molecule has 1 heterocycles. The molecule has 0 saturated carbocycles. The van der Waals surface area contributed by atoms with E-state index in [1.165, 1.54) is 11.3 Å². The molecular weight excluding hydrogens is 370 g/mol. The van der Waals surface area contributed by atoms with Crippen molar-refractivity contribution in [3.05, 3.63) is 77.2 Å². The van der Waals surface area contributed by atoms with Crippen molar-refractivity contribution in [3.8, 4) is 0 Å². The molecular formula is C22H23N3O2S. The Balaban J connectivity index is 1.66. The van der Waals surface area contributed by atoms with E-state index in [2.05, 4.69) is 36.7 Å². The molecule has 3 amide bonds. The lowest BCUT2D eigenvalue weighted by Crippen LogP contribution is -2.18. The van der Waals surface area contributed by atoms with Crippen molar-refractivity contribution in [1.29, 1.82) is 0 Å². The van der Waals surface area contributed by atoms with Gasteiger partial charge in [0.2, 0.25) is 0 Å². The third-order valence-corrected chi connectivity index (χ3v) is 5.08. The highest BCUT2D eigenvalue weighted by molar-refractivity contribution is 7.18. The summed E-state index contributed by atoms with van der Waals surface area (Å²) in [5.74, 6) is -0.196. The second kappa shape index (κ2) is 8.27. The Bertz CT molecular complexity index is 975. The van der Waals surface area contributed by atoms with E-state index in [0.717, 1.165) is 11.3 Å². The Morgan fingerprint density at radius 2 is 1.46 bits per heavy atom. The molecule has 0 bridgehead atoms. The molecule has 3 aromatic rings. The number of carbonyl (C=O) groups is 2. The maximum Gasteiger partial charge on any atom is 0.324 e. The van der Waals surface area contributed by atoms with Gasteiger partial charge in [-0.25, -0.2) is 4.79 Å². The van der Waals surface area contributed by atoms with Gasteiger partial charge >= 0.3 is 6.03 Å². The molecule has 0 aliphatic heterocycles. The highest BCUT2D eigenvalue weighted by Gasteiger charge is 2.19. The van der Waals surface area contributed by atoms with E-state index in [0.29, 0.717) is 15.6 Å². The minimum absolute atomic E-state index is 0.0818. The van der Waals surface area contributed by atoms with Crippen LogP contribution in [-0.2, 0) is 5.41 Å². The number of amides is 3. The standard InChI is InChI=1S/C22H23N3O2S/c1-22(2,3)16-11-7-8-12-17(16)24-20(26)18-13-14-19(28-18)25-21(27)23-15-9-5-4-6-10-15/h4-14H,1-3H3,(H,24,26)(H2,23,25,27). The lowest BCUT2D eigenvalue weighted by Gasteiger charge is -2.22. The molecule has 0 saturated heterocycles. The fourth-order valence-corrected chi connectivity index (χ4v) is 3.55. The first-order valence-electron chi connectivity index (χ1n) is 8.97. The molecule has 5 nitrogen and oxygen atoms in total. The number of urea groups is 1. The Hall–Kier alpha value is -3.12. The summed E-state index contributed by atoms with van der Waals surface area (Å²) < 4.78 is 0. The first-order valence-corrected chi connectivity index (χ1v) is 9.78. The highest BCUT2D eigenvalue weighted by Crippen LogP contribution is 2.30. The van der Waals surface area contributed by atoms with Crippen LogP contribution >= 0.6 is 11.3 Å². The summed E-state index contributed by atoms with van der Waals surface area (Å²) in [6.45, 7) is 6.32. The van der Waals surface area contributed by atoms with Gasteiger partial charge in [-0.3, -0.25) is 10.1 Å². The molecule has 1 aromatic heterocycles. The van der Waals surface area contributed by atoms with E-state index in [1.807, 2.05) is 42.5 Å². The first kappa shape index (κ1) is 19.6. The van der Waals surface area contributed by atoms with Crippen molar-refractivity contribution in [1.82, 2.24) is 0 Å². The number of rotatable bonds is 4. The largest absolute Gasteiger partial charge is 0.324 e. The number of hydrogen-bond donors (Lipinski definition) is 3. The zero-order valence-corrected chi connectivity index (χ0v) is 16.9. The van der Waals surface area contributed by atoms with Gasteiger partial charge in [0.1, 0.15) is 0 Å². The molecule has 0 aliphatic rings. The highest BCUT2D eigenvalue weighted by atomic mass is 32.1. The van der Waals surface area contributed by atoms with Crippen LogP contribution in [0.5, 0.6) is 0 Å². The maximum absolute atomic E-state index is 12.7. The average molecular weight is 394 g/mol. The lowest BCUT2D eigenvalue weighted by atomic mass is 9.86. The lowest BCUT2D eigenvalue weighted by molar-refractivity contribution is 0.103. The zero-order valence-electron chi connectivity index (χ0n) is 16.1. The smallest absolute Gasteiger partial charge is 0.321 e. The van der Waals surface area contributed by atoms with Crippen LogP contribution in [0.2, 0.25) is 0 Å². The van der Waals surface area contributed by atoms with Crippen LogP contribution in [0.3, 0.4) is 0 Å². The van der Waals surface area contributed by atoms with Crippen LogP contribution in [0.25, 0.3) is 0 Å². The third kappa shape index (κ3) is 4.98. The number of benzene rings is 2. The Kier molecular flexibility index (Phi) is 5.80. The van der Waals surface area contributed by atoms with Crippen LogP contribution < -0.4 is 16.0 Å². The number of carbonyl (C=O) groups excluding carboxylic acids is 2. The van der Waals surface area contributed by atoms with Gasteiger partial charge in [-0.05, 0) is 41.3 Å². The van der Waals surface area contributed by atoms with E-state index in [-0.39, 0.29) is 17.4 Å². The van der Waals surface area contributed by atoms with Crippen LogP contribution in [-0.4, -0.2) is 11.9 Å². The van der Waals surface area contributed by atoms with Crippen LogP contribution in [0.15, 0.2) is 66.7 Å². The summed E-state index contributed by atoms with van der Waals surface area (Å²) in [6.07, 6.45) is 0.